The van der Waals surface area contributed by atoms with Gasteiger partial charge in [-0.25, -0.2) is 0 Å². The van der Waals surface area contributed by atoms with Crippen LogP contribution in [0.4, 0.5) is 0 Å². The number of hydrogen-bond acceptors (Lipinski definition) is 3. The van der Waals surface area contributed by atoms with Crippen molar-refractivity contribution in [2.75, 3.05) is 13.1 Å². The molecule has 0 aliphatic carbocycles. The number of nitriles is 1. The topological polar surface area (TPSA) is 27.0 Å². The molecule has 21 heavy (non-hydrogen) atoms. The number of piperidine rings is 1. The molecule has 3 rings (SSSR count). The first-order valence-corrected chi connectivity index (χ1v) is 8.17. The molecule has 1 aromatic carbocycles. The first-order chi connectivity index (χ1) is 10.4. The minimum Gasteiger partial charge on any atom is -0.298 e. The molecule has 1 fully saturated rings. The highest BCUT2D eigenvalue weighted by Gasteiger charge is 2.18. The van der Waals surface area contributed by atoms with Crippen LogP contribution in [-0.4, -0.2) is 18.0 Å². The van der Waals surface area contributed by atoms with Crippen LogP contribution in [0.1, 0.15) is 23.3 Å². The van der Waals surface area contributed by atoms with Gasteiger partial charge in [0.2, 0.25) is 0 Å². The Labute approximate surface area is 130 Å². The summed E-state index contributed by atoms with van der Waals surface area (Å²) in [4.78, 5) is 3.59. The standard InChI is InChI=1S/C18H18N2S/c19-13-17(18-7-4-12-21-18)16-8-10-20(11-9-16)14-15-5-2-1-3-6-15/h1-7,12H,8-11,14H2. The minimum atomic E-state index is 0.907. The maximum atomic E-state index is 9.44. The lowest BCUT2D eigenvalue weighted by Gasteiger charge is -2.28. The molecule has 0 radical (unpaired) electrons. The lowest BCUT2D eigenvalue weighted by atomic mass is 9.97. The van der Waals surface area contributed by atoms with E-state index in [2.05, 4.69) is 41.3 Å². The summed E-state index contributed by atoms with van der Waals surface area (Å²) in [7, 11) is 0. The number of likely N-dealkylation sites (tertiary alicyclic amines) is 1. The SMILES string of the molecule is N#CC(=C1CCN(Cc2ccccc2)CC1)c1cccs1. The molecule has 3 heteroatoms. The molecule has 1 aliphatic heterocycles. The zero-order chi connectivity index (χ0) is 14.5. The third-order valence-corrected chi connectivity index (χ3v) is 4.83. The van der Waals surface area contributed by atoms with E-state index in [9.17, 15) is 5.26 Å². The van der Waals surface area contributed by atoms with Gasteiger partial charge in [0.15, 0.2) is 0 Å². The van der Waals surface area contributed by atoms with Gasteiger partial charge in [-0.05, 0) is 35.4 Å². The number of nitrogens with zero attached hydrogens (tertiary/aromatic N) is 2. The van der Waals surface area contributed by atoms with Crippen LogP contribution in [0.3, 0.4) is 0 Å². The normalized spacial score (nSPS) is 15.7. The molecule has 0 spiro atoms. The molecule has 0 amide bonds. The second-order valence-electron chi connectivity index (χ2n) is 5.33. The van der Waals surface area contributed by atoms with Crippen molar-refractivity contribution in [1.29, 1.82) is 5.26 Å². The van der Waals surface area contributed by atoms with Crippen molar-refractivity contribution in [3.05, 3.63) is 63.9 Å². The lowest BCUT2D eigenvalue weighted by Crippen LogP contribution is -2.30. The molecular formula is C18H18N2S. The fraction of sp³-hybridized carbons (Fsp3) is 0.278. The fourth-order valence-electron chi connectivity index (χ4n) is 2.80. The molecule has 0 saturated carbocycles. The quantitative estimate of drug-likeness (QED) is 0.788. The second kappa shape index (κ2) is 6.71. The maximum Gasteiger partial charge on any atom is 0.101 e. The summed E-state index contributed by atoms with van der Waals surface area (Å²) in [6, 6.07) is 17.1. The Bertz CT molecular complexity index is 640. The van der Waals surface area contributed by atoms with Crippen LogP contribution in [0.25, 0.3) is 5.57 Å². The van der Waals surface area contributed by atoms with E-state index in [4.69, 9.17) is 0 Å². The van der Waals surface area contributed by atoms with Crippen molar-refractivity contribution in [2.45, 2.75) is 19.4 Å². The Morgan fingerprint density at radius 3 is 2.48 bits per heavy atom. The summed E-state index contributed by atoms with van der Waals surface area (Å²) in [6.45, 7) is 3.09. The molecule has 0 atom stereocenters. The van der Waals surface area contributed by atoms with Crippen LogP contribution in [0, 0.1) is 11.3 Å². The first-order valence-electron chi connectivity index (χ1n) is 7.29. The smallest absolute Gasteiger partial charge is 0.101 e. The van der Waals surface area contributed by atoms with Gasteiger partial charge in [0.1, 0.15) is 6.07 Å². The highest BCUT2D eigenvalue weighted by atomic mass is 32.1. The Kier molecular flexibility index (Phi) is 4.49. The average Bonchev–Trinajstić information content (AvgIpc) is 3.05. The predicted molar refractivity (Wildman–Crippen MR) is 87.8 cm³/mol. The Hall–Kier alpha value is -1.89. The van der Waals surface area contributed by atoms with Gasteiger partial charge < -0.3 is 0 Å². The predicted octanol–water partition coefficient (Wildman–Crippen LogP) is 4.32. The van der Waals surface area contributed by atoms with Crippen molar-refractivity contribution >= 4 is 16.9 Å². The molecule has 1 aromatic heterocycles. The van der Waals surface area contributed by atoms with Crippen molar-refractivity contribution < 1.29 is 0 Å². The van der Waals surface area contributed by atoms with Crippen LogP contribution in [0.2, 0.25) is 0 Å². The molecule has 0 unspecified atom stereocenters. The third kappa shape index (κ3) is 3.41. The van der Waals surface area contributed by atoms with Gasteiger partial charge in [0.05, 0.1) is 5.57 Å². The average molecular weight is 294 g/mol. The van der Waals surface area contributed by atoms with Gasteiger partial charge in [-0.3, -0.25) is 4.90 Å². The summed E-state index contributed by atoms with van der Waals surface area (Å²) < 4.78 is 0. The molecule has 2 heterocycles. The zero-order valence-electron chi connectivity index (χ0n) is 12.0. The number of allylic oxidation sites excluding steroid dienone is 1. The van der Waals surface area contributed by atoms with Gasteiger partial charge in [0, 0.05) is 24.5 Å². The molecule has 0 bridgehead atoms. The van der Waals surface area contributed by atoms with E-state index < -0.39 is 0 Å². The summed E-state index contributed by atoms with van der Waals surface area (Å²) >= 11 is 1.66. The largest absolute Gasteiger partial charge is 0.298 e. The second-order valence-corrected chi connectivity index (χ2v) is 6.28. The van der Waals surface area contributed by atoms with Gasteiger partial charge in [-0.15, -0.1) is 11.3 Å². The summed E-state index contributed by atoms with van der Waals surface area (Å²) in [5.74, 6) is 0. The number of hydrogen-bond donors (Lipinski definition) is 0. The van der Waals surface area contributed by atoms with Gasteiger partial charge in [0.25, 0.3) is 0 Å². The Morgan fingerprint density at radius 1 is 1.10 bits per heavy atom. The van der Waals surface area contributed by atoms with Gasteiger partial charge in [-0.1, -0.05) is 36.4 Å². The van der Waals surface area contributed by atoms with Crippen molar-refractivity contribution in [2.24, 2.45) is 0 Å². The van der Waals surface area contributed by atoms with Crippen LogP contribution in [0.15, 0.2) is 53.4 Å². The summed E-state index contributed by atoms with van der Waals surface area (Å²) in [6.07, 6.45) is 2.02. The van der Waals surface area contributed by atoms with Crippen LogP contribution >= 0.6 is 11.3 Å². The monoisotopic (exact) mass is 294 g/mol. The number of thiophene rings is 1. The van der Waals surface area contributed by atoms with Gasteiger partial charge >= 0.3 is 0 Å². The zero-order valence-corrected chi connectivity index (χ0v) is 12.8. The van der Waals surface area contributed by atoms with E-state index in [0.29, 0.717) is 0 Å². The molecule has 2 aromatic rings. The Morgan fingerprint density at radius 2 is 1.86 bits per heavy atom. The molecular weight excluding hydrogens is 276 g/mol. The highest BCUT2D eigenvalue weighted by Crippen LogP contribution is 2.29. The molecule has 1 saturated heterocycles. The van der Waals surface area contributed by atoms with Crippen molar-refractivity contribution in [3.8, 4) is 6.07 Å². The highest BCUT2D eigenvalue weighted by molar-refractivity contribution is 7.11. The molecule has 2 nitrogen and oxygen atoms in total. The van der Waals surface area contributed by atoms with E-state index in [1.807, 2.05) is 17.5 Å². The molecule has 1 aliphatic rings. The Balaban J connectivity index is 1.66. The fourth-order valence-corrected chi connectivity index (χ4v) is 3.57. The van der Waals surface area contributed by atoms with Crippen LogP contribution < -0.4 is 0 Å². The van der Waals surface area contributed by atoms with E-state index in [-0.39, 0.29) is 0 Å². The number of benzene rings is 1. The van der Waals surface area contributed by atoms with E-state index in [0.717, 1.165) is 42.9 Å². The lowest BCUT2D eigenvalue weighted by molar-refractivity contribution is 0.249. The van der Waals surface area contributed by atoms with E-state index >= 15 is 0 Å². The van der Waals surface area contributed by atoms with Gasteiger partial charge in [-0.2, -0.15) is 5.26 Å². The van der Waals surface area contributed by atoms with E-state index in [1.54, 1.807) is 11.3 Å². The third-order valence-electron chi connectivity index (χ3n) is 3.94. The first kappa shape index (κ1) is 14.1. The van der Waals surface area contributed by atoms with Crippen LogP contribution in [-0.2, 0) is 6.54 Å². The van der Waals surface area contributed by atoms with E-state index in [1.165, 1.54) is 11.1 Å². The van der Waals surface area contributed by atoms with Crippen LogP contribution in [0.5, 0.6) is 0 Å². The molecule has 0 N–H and O–H groups in total. The number of rotatable bonds is 3. The summed E-state index contributed by atoms with van der Waals surface area (Å²) in [5, 5.41) is 11.5. The molecule has 106 valence electrons. The minimum absolute atomic E-state index is 0.907. The maximum absolute atomic E-state index is 9.44. The van der Waals surface area contributed by atoms with Crippen molar-refractivity contribution in [1.82, 2.24) is 4.90 Å². The summed E-state index contributed by atoms with van der Waals surface area (Å²) in [5.41, 5.74) is 3.59. The van der Waals surface area contributed by atoms with Crippen molar-refractivity contribution in [3.63, 3.8) is 0 Å².